The van der Waals surface area contributed by atoms with Gasteiger partial charge in [0.05, 0.1) is 22.9 Å². The normalized spacial score (nSPS) is 14.7. The minimum Gasteiger partial charge on any atom is -0.293 e. The van der Waals surface area contributed by atoms with E-state index in [1.165, 1.54) is 0 Å². The van der Waals surface area contributed by atoms with Crippen LogP contribution in [0, 0.1) is 39.2 Å². The van der Waals surface area contributed by atoms with Gasteiger partial charge in [-0.25, -0.2) is 22.0 Å². The van der Waals surface area contributed by atoms with E-state index >= 15 is 0 Å². The van der Waals surface area contributed by atoms with E-state index < -0.39 is 86.9 Å². The van der Waals surface area contributed by atoms with Crippen LogP contribution in [-0.4, -0.2) is 26.3 Å². The smallest absolute Gasteiger partial charge is 0.293 e. The zero-order valence-corrected chi connectivity index (χ0v) is 16.1. The molecule has 1 heterocycles. The first-order valence-electron chi connectivity index (χ1n) is 9.19. The molecule has 178 valence electrons. The molecule has 0 spiro atoms. The van der Waals surface area contributed by atoms with Gasteiger partial charge in [-0.2, -0.15) is 18.3 Å². The summed E-state index contributed by atoms with van der Waals surface area (Å²) in [5, 5.41) is 14.5. The van der Waals surface area contributed by atoms with Crippen LogP contribution in [0.5, 0.6) is 0 Å². The number of halogens is 8. The van der Waals surface area contributed by atoms with Crippen molar-refractivity contribution < 1.29 is 49.6 Å². The summed E-state index contributed by atoms with van der Waals surface area (Å²) in [5.74, 6) is -16.3. The van der Waals surface area contributed by atoms with Crippen LogP contribution in [0.4, 0.5) is 40.8 Å². The fourth-order valence-corrected chi connectivity index (χ4v) is 3.63. The minimum atomic E-state index is -5.37. The second kappa shape index (κ2) is 8.51. The molecule has 15 heteroatoms. The number of aromatic nitrogens is 2. The quantitative estimate of drug-likeness (QED) is 0.108. The summed E-state index contributed by atoms with van der Waals surface area (Å²) in [7, 11) is 0. The standard InChI is InChI=1S/C18H11F8N3O4/c19-10-9(11(20)13(22)14(23)12(10)21)7(30)5-8(31)15-16(29(32)33)17(18(24,25)26)27-28(15)6-3-1-2-4-6/h6H,1-5H2. The summed E-state index contributed by atoms with van der Waals surface area (Å²) in [6.45, 7) is 0. The molecule has 0 bridgehead atoms. The molecule has 1 fully saturated rings. The number of benzene rings is 1. The highest BCUT2D eigenvalue weighted by Gasteiger charge is 2.48. The van der Waals surface area contributed by atoms with E-state index in [0.717, 1.165) is 0 Å². The topological polar surface area (TPSA) is 95.1 Å². The molecule has 0 unspecified atom stereocenters. The molecular weight excluding hydrogens is 474 g/mol. The van der Waals surface area contributed by atoms with Crippen LogP contribution < -0.4 is 0 Å². The van der Waals surface area contributed by atoms with Gasteiger partial charge in [0.25, 0.3) is 0 Å². The molecule has 1 aliphatic rings. The first kappa shape index (κ1) is 24.3. The lowest BCUT2D eigenvalue weighted by Crippen LogP contribution is -2.20. The van der Waals surface area contributed by atoms with Gasteiger partial charge in [-0.05, 0) is 12.8 Å². The highest BCUT2D eigenvalue weighted by molar-refractivity contribution is 6.14. The van der Waals surface area contributed by atoms with Crippen LogP contribution in [-0.2, 0) is 6.18 Å². The SMILES string of the molecule is O=C(CC(=O)c1c([N+](=O)[O-])c(C(F)(F)F)nn1C1CCCC1)c1c(F)c(F)c(F)c(F)c1F. The van der Waals surface area contributed by atoms with Gasteiger partial charge >= 0.3 is 11.9 Å². The number of hydrogen-bond acceptors (Lipinski definition) is 5. The van der Waals surface area contributed by atoms with Gasteiger partial charge in [0.1, 0.15) is 0 Å². The van der Waals surface area contributed by atoms with Crippen molar-refractivity contribution in [3.05, 3.63) is 56.2 Å². The molecule has 7 nitrogen and oxygen atoms in total. The van der Waals surface area contributed by atoms with Crippen LogP contribution in [0.3, 0.4) is 0 Å². The van der Waals surface area contributed by atoms with E-state index in [2.05, 4.69) is 5.10 Å². The first-order valence-corrected chi connectivity index (χ1v) is 9.19. The average molecular weight is 485 g/mol. The van der Waals surface area contributed by atoms with Crippen LogP contribution in [0.15, 0.2) is 0 Å². The largest absolute Gasteiger partial charge is 0.442 e. The van der Waals surface area contributed by atoms with E-state index in [1.807, 2.05) is 0 Å². The van der Waals surface area contributed by atoms with Gasteiger partial charge in [0, 0.05) is 0 Å². The predicted octanol–water partition coefficient (Wildman–Crippen LogP) is 5.08. The van der Waals surface area contributed by atoms with Crippen molar-refractivity contribution in [3.8, 4) is 0 Å². The second-order valence-electron chi connectivity index (χ2n) is 7.15. The molecule has 0 N–H and O–H groups in total. The Hall–Kier alpha value is -3.39. The second-order valence-corrected chi connectivity index (χ2v) is 7.15. The van der Waals surface area contributed by atoms with Crippen LogP contribution in [0.2, 0.25) is 0 Å². The maximum atomic E-state index is 13.9. The molecule has 3 rings (SSSR count). The first-order chi connectivity index (χ1) is 15.3. The molecular formula is C18H11F8N3O4. The molecule has 0 radical (unpaired) electrons. The third-order valence-corrected chi connectivity index (χ3v) is 5.08. The summed E-state index contributed by atoms with van der Waals surface area (Å²) < 4.78 is 108. The summed E-state index contributed by atoms with van der Waals surface area (Å²) in [5.41, 5.74) is -7.04. The van der Waals surface area contributed by atoms with Crippen LogP contribution in [0.1, 0.15) is 64.7 Å². The fourth-order valence-electron chi connectivity index (χ4n) is 3.63. The van der Waals surface area contributed by atoms with Crippen molar-refractivity contribution in [2.24, 2.45) is 0 Å². The molecule has 1 aromatic carbocycles. The zero-order valence-electron chi connectivity index (χ0n) is 16.1. The molecule has 0 saturated heterocycles. The van der Waals surface area contributed by atoms with E-state index in [4.69, 9.17) is 0 Å². The summed E-state index contributed by atoms with van der Waals surface area (Å²) >= 11 is 0. The number of carbonyl (C=O) groups is 2. The molecule has 0 atom stereocenters. The number of Topliss-reactive ketones (excluding diaryl/α,β-unsaturated/α-hetero) is 2. The van der Waals surface area contributed by atoms with Gasteiger partial charge in [-0.15, -0.1) is 0 Å². The van der Waals surface area contributed by atoms with Gasteiger partial charge in [0.2, 0.25) is 11.5 Å². The average Bonchev–Trinajstić information content (AvgIpc) is 3.38. The van der Waals surface area contributed by atoms with E-state index in [9.17, 15) is 54.8 Å². The zero-order chi connectivity index (χ0) is 24.8. The number of carbonyl (C=O) groups excluding carboxylic acids is 2. The Morgan fingerprint density at radius 3 is 1.88 bits per heavy atom. The van der Waals surface area contributed by atoms with Crippen molar-refractivity contribution >= 4 is 17.3 Å². The molecule has 0 aliphatic heterocycles. The molecule has 1 saturated carbocycles. The number of nitro groups is 1. The summed E-state index contributed by atoms with van der Waals surface area (Å²) in [4.78, 5) is 34.7. The number of alkyl halides is 3. The summed E-state index contributed by atoms with van der Waals surface area (Å²) in [6.07, 6.45) is -5.70. The van der Waals surface area contributed by atoms with Gasteiger partial charge in [-0.3, -0.25) is 24.4 Å². The lowest BCUT2D eigenvalue weighted by molar-refractivity contribution is -0.388. The van der Waals surface area contributed by atoms with Crippen molar-refractivity contribution in [2.75, 3.05) is 0 Å². The van der Waals surface area contributed by atoms with Crippen LogP contribution in [0.25, 0.3) is 0 Å². The van der Waals surface area contributed by atoms with Crippen molar-refractivity contribution in [1.82, 2.24) is 9.78 Å². The Bertz CT molecular complexity index is 1140. The molecule has 1 aliphatic carbocycles. The Morgan fingerprint density at radius 1 is 0.939 bits per heavy atom. The lowest BCUT2D eigenvalue weighted by Gasteiger charge is -2.13. The number of hydrogen-bond donors (Lipinski definition) is 0. The maximum absolute atomic E-state index is 13.9. The minimum absolute atomic E-state index is 0.196. The number of rotatable bonds is 6. The Kier molecular flexibility index (Phi) is 6.26. The Labute approximate surface area is 178 Å². The highest BCUT2D eigenvalue weighted by Crippen LogP contribution is 2.41. The molecule has 33 heavy (non-hydrogen) atoms. The Balaban J connectivity index is 2.12. The third kappa shape index (κ3) is 4.18. The lowest BCUT2D eigenvalue weighted by atomic mass is 10.0. The maximum Gasteiger partial charge on any atom is 0.442 e. The van der Waals surface area contributed by atoms with E-state index in [-0.39, 0.29) is 12.8 Å². The van der Waals surface area contributed by atoms with Gasteiger partial charge in [0.15, 0.2) is 40.5 Å². The fraction of sp³-hybridized carbons (Fsp3) is 0.389. The van der Waals surface area contributed by atoms with Gasteiger partial charge in [-0.1, -0.05) is 12.8 Å². The highest BCUT2D eigenvalue weighted by atomic mass is 19.4. The van der Waals surface area contributed by atoms with E-state index in [0.29, 0.717) is 17.5 Å². The monoisotopic (exact) mass is 485 g/mol. The van der Waals surface area contributed by atoms with E-state index in [1.54, 1.807) is 0 Å². The summed E-state index contributed by atoms with van der Waals surface area (Å²) in [6, 6.07) is -0.872. The van der Waals surface area contributed by atoms with Crippen molar-refractivity contribution in [2.45, 2.75) is 44.3 Å². The molecule has 0 amide bonds. The van der Waals surface area contributed by atoms with Crippen molar-refractivity contribution in [1.29, 1.82) is 0 Å². The third-order valence-electron chi connectivity index (χ3n) is 5.08. The Morgan fingerprint density at radius 2 is 1.42 bits per heavy atom. The number of nitrogens with zero attached hydrogens (tertiary/aromatic N) is 3. The molecule has 2 aromatic rings. The van der Waals surface area contributed by atoms with Crippen LogP contribution >= 0.6 is 0 Å². The van der Waals surface area contributed by atoms with Crippen molar-refractivity contribution in [3.63, 3.8) is 0 Å². The number of ketones is 2. The predicted molar refractivity (Wildman–Crippen MR) is 90.9 cm³/mol. The van der Waals surface area contributed by atoms with Gasteiger partial charge < -0.3 is 0 Å². The molecule has 1 aromatic heterocycles.